The van der Waals surface area contributed by atoms with E-state index in [-0.39, 0.29) is 17.1 Å². The Labute approximate surface area is 76.1 Å². The molecule has 0 radical (unpaired) electrons. The molecule has 0 amide bonds. The molecular formula is C10H11FN2. The van der Waals surface area contributed by atoms with Gasteiger partial charge < -0.3 is 5.73 Å². The van der Waals surface area contributed by atoms with E-state index in [1.165, 1.54) is 12.1 Å². The van der Waals surface area contributed by atoms with Crippen LogP contribution in [0.1, 0.15) is 18.4 Å². The van der Waals surface area contributed by atoms with Gasteiger partial charge in [-0.15, -0.1) is 0 Å². The smallest absolute Gasteiger partial charge is 0.123 e. The highest BCUT2D eigenvalue weighted by atomic mass is 19.1. The Kier molecular flexibility index (Phi) is 1.62. The molecular weight excluding hydrogens is 167 g/mol. The highest BCUT2D eigenvalue weighted by molar-refractivity contribution is 5.92. The third-order valence-corrected chi connectivity index (χ3v) is 2.64. The SMILES string of the molecule is N=C(N)C1(c2cccc(F)c2)CC1. The molecule has 1 aliphatic carbocycles. The zero-order valence-electron chi connectivity index (χ0n) is 7.18. The van der Waals surface area contributed by atoms with Crippen molar-refractivity contribution in [3.63, 3.8) is 0 Å². The molecule has 0 unspecified atom stereocenters. The van der Waals surface area contributed by atoms with Crippen molar-refractivity contribution in [2.75, 3.05) is 0 Å². The molecule has 0 spiro atoms. The van der Waals surface area contributed by atoms with E-state index in [9.17, 15) is 4.39 Å². The highest BCUT2D eigenvalue weighted by Gasteiger charge is 2.47. The maximum absolute atomic E-state index is 12.9. The molecule has 13 heavy (non-hydrogen) atoms. The number of hydrogen-bond acceptors (Lipinski definition) is 1. The first-order valence-corrected chi connectivity index (χ1v) is 4.26. The summed E-state index contributed by atoms with van der Waals surface area (Å²) >= 11 is 0. The van der Waals surface area contributed by atoms with Gasteiger partial charge in [0.05, 0.1) is 5.41 Å². The molecule has 3 heteroatoms. The fourth-order valence-corrected chi connectivity index (χ4v) is 1.62. The molecule has 1 saturated carbocycles. The van der Waals surface area contributed by atoms with Gasteiger partial charge >= 0.3 is 0 Å². The van der Waals surface area contributed by atoms with Crippen LogP contribution in [0.4, 0.5) is 4.39 Å². The molecule has 2 nitrogen and oxygen atoms in total. The van der Waals surface area contributed by atoms with Crippen LogP contribution in [0.3, 0.4) is 0 Å². The minimum Gasteiger partial charge on any atom is -0.387 e. The highest BCUT2D eigenvalue weighted by Crippen LogP contribution is 2.47. The Bertz CT molecular complexity index is 356. The lowest BCUT2D eigenvalue weighted by atomic mass is 9.95. The molecule has 0 bridgehead atoms. The zero-order valence-corrected chi connectivity index (χ0v) is 7.18. The van der Waals surface area contributed by atoms with Crippen LogP contribution in [0.25, 0.3) is 0 Å². The van der Waals surface area contributed by atoms with Gasteiger partial charge in [0.25, 0.3) is 0 Å². The summed E-state index contributed by atoms with van der Waals surface area (Å²) in [4.78, 5) is 0. The second kappa shape index (κ2) is 2.55. The average Bonchev–Trinajstić information content (AvgIpc) is 2.83. The van der Waals surface area contributed by atoms with E-state index in [0.717, 1.165) is 18.4 Å². The van der Waals surface area contributed by atoms with Gasteiger partial charge in [-0.05, 0) is 30.5 Å². The Balaban J connectivity index is 2.41. The van der Waals surface area contributed by atoms with Crippen molar-refractivity contribution in [3.05, 3.63) is 35.6 Å². The molecule has 68 valence electrons. The molecule has 1 fully saturated rings. The van der Waals surface area contributed by atoms with Gasteiger partial charge in [0.2, 0.25) is 0 Å². The molecule has 0 atom stereocenters. The summed E-state index contributed by atoms with van der Waals surface area (Å²) in [6.45, 7) is 0. The first-order chi connectivity index (χ1) is 6.15. The molecule has 0 aromatic heterocycles. The normalized spacial score (nSPS) is 18.2. The third-order valence-electron chi connectivity index (χ3n) is 2.64. The average molecular weight is 178 g/mol. The molecule has 0 saturated heterocycles. The number of hydrogen-bond donors (Lipinski definition) is 2. The molecule has 0 heterocycles. The number of halogens is 1. The van der Waals surface area contributed by atoms with Crippen LogP contribution in [0, 0.1) is 11.2 Å². The first-order valence-electron chi connectivity index (χ1n) is 4.26. The lowest BCUT2D eigenvalue weighted by molar-refractivity contribution is 0.624. The van der Waals surface area contributed by atoms with Crippen molar-refractivity contribution in [1.82, 2.24) is 0 Å². The number of nitrogens with one attached hydrogen (secondary N) is 1. The van der Waals surface area contributed by atoms with Crippen molar-refractivity contribution in [3.8, 4) is 0 Å². The van der Waals surface area contributed by atoms with Crippen LogP contribution in [0.2, 0.25) is 0 Å². The number of nitrogens with two attached hydrogens (primary N) is 1. The van der Waals surface area contributed by atoms with E-state index in [2.05, 4.69) is 0 Å². The number of amidine groups is 1. The summed E-state index contributed by atoms with van der Waals surface area (Å²) in [5, 5.41) is 7.42. The maximum atomic E-state index is 12.9. The van der Waals surface area contributed by atoms with Crippen molar-refractivity contribution >= 4 is 5.84 Å². The van der Waals surface area contributed by atoms with Gasteiger partial charge in [0, 0.05) is 0 Å². The molecule has 1 aromatic rings. The Morgan fingerprint density at radius 3 is 2.62 bits per heavy atom. The zero-order chi connectivity index (χ0) is 9.47. The topological polar surface area (TPSA) is 49.9 Å². The summed E-state index contributed by atoms with van der Waals surface area (Å²) in [5.41, 5.74) is 5.96. The quantitative estimate of drug-likeness (QED) is 0.526. The summed E-state index contributed by atoms with van der Waals surface area (Å²) in [5.74, 6) is -0.108. The van der Waals surface area contributed by atoms with Gasteiger partial charge in [-0.25, -0.2) is 4.39 Å². The summed E-state index contributed by atoms with van der Waals surface area (Å²) in [7, 11) is 0. The molecule has 1 aliphatic rings. The summed E-state index contributed by atoms with van der Waals surface area (Å²) < 4.78 is 12.9. The van der Waals surface area contributed by atoms with Crippen molar-refractivity contribution in [1.29, 1.82) is 5.41 Å². The van der Waals surface area contributed by atoms with Crippen molar-refractivity contribution < 1.29 is 4.39 Å². The second-order valence-electron chi connectivity index (χ2n) is 3.51. The van der Waals surface area contributed by atoms with Crippen LogP contribution in [0.15, 0.2) is 24.3 Å². The predicted octanol–water partition coefficient (Wildman–Crippen LogP) is 1.79. The van der Waals surface area contributed by atoms with E-state index in [1.807, 2.05) is 6.07 Å². The third kappa shape index (κ3) is 1.20. The Morgan fingerprint density at radius 2 is 2.15 bits per heavy atom. The molecule has 1 aromatic carbocycles. The Hall–Kier alpha value is -1.38. The lowest BCUT2D eigenvalue weighted by Gasteiger charge is -2.13. The summed E-state index contributed by atoms with van der Waals surface area (Å²) in [6.07, 6.45) is 1.73. The molecule has 0 aliphatic heterocycles. The van der Waals surface area contributed by atoms with Crippen LogP contribution < -0.4 is 5.73 Å². The fraction of sp³-hybridized carbons (Fsp3) is 0.300. The summed E-state index contributed by atoms with van der Waals surface area (Å²) in [6, 6.07) is 6.36. The number of benzene rings is 1. The lowest BCUT2D eigenvalue weighted by Crippen LogP contribution is -2.27. The second-order valence-corrected chi connectivity index (χ2v) is 3.51. The Morgan fingerprint density at radius 1 is 1.46 bits per heavy atom. The molecule has 2 rings (SSSR count). The number of rotatable bonds is 2. The van der Waals surface area contributed by atoms with E-state index in [0.29, 0.717) is 0 Å². The van der Waals surface area contributed by atoms with E-state index < -0.39 is 0 Å². The van der Waals surface area contributed by atoms with Crippen LogP contribution in [-0.2, 0) is 5.41 Å². The van der Waals surface area contributed by atoms with Gasteiger partial charge in [-0.1, -0.05) is 12.1 Å². The van der Waals surface area contributed by atoms with Gasteiger partial charge in [0.15, 0.2) is 0 Å². The van der Waals surface area contributed by atoms with Gasteiger partial charge in [-0.2, -0.15) is 0 Å². The largest absolute Gasteiger partial charge is 0.387 e. The van der Waals surface area contributed by atoms with E-state index in [1.54, 1.807) is 6.07 Å². The fourth-order valence-electron chi connectivity index (χ4n) is 1.62. The van der Waals surface area contributed by atoms with Crippen LogP contribution in [-0.4, -0.2) is 5.84 Å². The minimum atomic E-state index is -0.345. The maximum Gasteiger partial charge on any atom is 0.123 e. The van der Waals surface area contributed by atoms with Crippen molar-refractivity contribution in [2.45, 2.75) is 18.3 Å². The van der Waals surface area contributed by atoms with Crippen LogP contribution >= 0.6 is 0 Å². The van der Waals surface area contributed by atoms with Gasteiger partial charge in [-0.3, -0.25) is 5.41 Å². The monoisotopic (exact) mass is 178 g/mol. The predicted molar refractivity (Wildman–Crippen MR) is 49.2 cm³/mol. The van der Waals surface area contributed by atoms with E-state index >= 15 is 0 Å². The standard InChI is InChI=1S/C10H11FN2/c11-8-3-1-2-7(6-8)10(4-5-10)9(12)13/h1-3,6H,4-5H2,(H3,12,13). The first kappa shape index (κ1) is 8.23. The van der Waals surface area contributed by atoms with Crippen molar-refractivity contribution in [2.24, 2.45) is 5.73 Å². The molecule has 3 N–H and O–H groups in total. The van der Waals surface area contributed by atoms with Crippen LogP contribution in [0.5, 0.6) is 0 Å². The van der Waals surface area contributed by atoms with Gasteiger partial charge in [0.1, 0.15) is 11.7 Å². The van der Waals surface area contributed by atoms with E-state index in [4.69, 9.17) is 11.1 Å². The minimum absolute atomic E-state index is 0.151.